The molecule has 0 aliphatic rings. The predicted molar refractivity (Wildman–Crippen MR) is 96.7 cm³/mol. The first kappa shape index (κ1) is 21.8. The summed E-state index contributed by atoms with van der Waals surface area (Å²) in [6.07, 6.45) is 1.05. The topological polar surface area (TPSA) is 65.5 Å². The normalized spacial score (nSPS) is 13.2. The summed E-state index contributed by atoms with van der Waals surface area (Å²) in [5.41, 5.74) is -0.344. The molecule has 0 saturated heterocycles. The van der Waals surface area contributed by atoms with Crippen molar-refractivity contribution in [3.8, 4) is 0 Å². The number of halogens is 1. The summed E-state index contributed by atoms with van der Waals surface area (Å²) in [4.78, 5) is 16.1. The summed E-state index contributed by atoms with van der Waals surface area (Å²) in [7, 11) is 0. The van der Waals surface area contributed by atoms with Crippen molar-refractivity contribution in [1.29, 1.82) is 0 Å². The highest BCUT2D eigenvalue weighted by molar-refractivity contribution is 14.0. The lowest BCUT2D eigenvalue weighted by molar-refractivity contribution is -0.128. The Morgan fingerprint density at radius 2 is 1.80 bits per heavy atom. The highest BCUT2D eigenvalue weighted by Crippen LogP contribution is 2.11. The van der Waals surface area contributed by atoms with Gasteiger partial charge in [-0.25, -0.2) is 0 Å². The van der Waals surface area contributed by atoms with Crippen LogP contribution in [0.1, 0.15) is 48.0 Å². The SMILES string of the molecule is CCNC(=NCCNC(=O)C(C)(C)C)NC(C)CC.I. The van der Waals surface area contributed by atoms with Crippen LogP contribution in [0.4, 0.5) is 0 Å². The van der Waals surface area contributed by atoms with Crippen molar-refractivity contribution in [2.24, 2.45) is 10.4 Å². The van der Waals surface area contributed by atoms with E-state index in [1.807, 2.05) is 27.7 Å². The van der Waals surface area contributed by atoms with Crippen molar-refractivity contribution in [2.75, 3.05) is 19.6 Å². The number of nitrogens with one attached hydrogen (secondary N) is 3. The third-order valence-electron chi connectivity index (χ3n) is 2.69. The van der Waals surface area contributed by atoms with E-state index in [1.54, 1.807) is 0 Å². The van der Waals surface area contributed by atoms with Gasteiger partial charge in [-0.3, -0.25) is 9.79 Å². The fourth-order valence-electron chi connectivity index (χ4n) is 1.26. The maximum atomic E-state index is 11.7. The molecule has 1 atom stereocenters. The van der Waals surface area contributed by atoms with Crippen molar-refractivity contribution >= 4 is 35.8 Å². The van der Waals surface area contributed by atoms with Crippen LogP contribution in [0.25, 0.3) is 0 Å². The summed E-state index contributed by atoms with van der Waals surface area (Å²) in [6.45, 7) is 14.0. The van der Waals surface area contributed by atoms with Crippen LogP contribution in [-0.4, -0.2) is 37.5 Å². The zero-order valence-electron chi connectivity index (χ0n) is 13.7. The van der Waals surface area contributed by atoms with Crippen LogP contribution in [0.2, 0.25) is 0 Å². The van der Waals surface area contributed by atoms with Gasteiger partial charge < -0.3 is 16.0 Å². The Morgan fingerprint density at radius 1 is 1.20 bits per heavy atom. The highest BCUT2D eigenvalue weighted by Gasteiger charge is 2.20. The highest BCUT2D eigenvalue weighted by atomic mass is 127. The minimum atomic E-state index is -0.344. The molecule has 0 aliphatic heterocycles. The first-order valence-corrected chi connectivity index (χ1v) is 7.14. The molecule has 0 saturated carbocycles. The average Bonchev–Trinajstić information content (AvgIpc) is 2.32. The molecule has 1 unspecified atom stereocenters. The monoisotopic (exact) mass is 398 g/mol. The third-order valence-corrected chi connectivity index (χ3v) is 2.69. The van der Waals surface area contributed by atoms with Crippen LogP contribution in [-0.2, 0) is 4.79 Å². The molecule has 0 heterocycles. The summed E-state index contributed by atoms with van der Waals surface area (Å²) in [6, 6.07) is 0.391. The van der Waals surface area contributed by atoms with Gasteiger partial charge in [0.25, 0.3) is 0 Å². The third kappa shape index (κ3) is 10.3. The van der Waals surface area contributed by atoms with E-state index in [9.17, 15) is 4.79 Å². The van der Waals surface area contributed by atoms with Crippen LogP contribution < -0.4 is 16.0 Å². The van der Waals surface area contributed by atoms with Gasteiger partial charge in [0.15, 0.2) is 5.96 Å². The van der Waals surface area contributed by atoms with Crippen molar-refractivity contribution < 1.29 is 4.79 Å². The Morgan fingerprint density at radius 3 is 2.25 bits per heavy atom. The smallest absolute Gasteiger partial charge is 0.225 e. The van der Waals surface area contributed by atoms with Gasteiger partial charge in [-0.2, -0.15) is 0 Å². The largest absolute Gasteiger partial charge is 0.357 e. The Bertz CT molecular complexity index is 300. The maximum absolute atomic E-state index is 11.7. The number of hydrogen-bond acceptors (Lipinski definition) is 2. The molecule has 0 rings (SSSR count). The van der Waals surface area contributed by atoms with E-state index >= 15 is 0 Å². The standard InChI is InChI=1S/C14H30N4O.HI/c1-7-11(3)18-13(15-8-2)17-10-9-16-12(19)14(4,5)6;/h11H,7-10H2,1-6H3,(H,16,19)(H2,15,17,18);1H. The van der Waals surface area contributed by atoms with Crippen LogP contribution in [0, 0.1) is 5.41 Å². The number of hydrogen-bond donors (Lipinski definition) is 3. The summed E-state index contributed by atoms with van der Waals surface area (Å²) >= 11 is 0. The van der Waals surface area contributed by atoms with Gasteiger partial charge in [0, 0.05) is 24.5 Å². The number of carbonyl (C=O) groups is 1. The number of carbonyl (C=O) groups excluding carboxylic acids is 1. The molecule has 0 aromatic heterocycles. The lowest BCUT2D eigenvalue weighted by Gasteiger charge is -2.18. The Hall–Kier alpha value is -0.530. The second-order valence-corrected chi connectivity index (χ2v) is 5.72. The van der Waals surface area contributed by atoms with Crippen molar-refractivity contribution in [3.63, 3.8) is 0 Å². The van der Waals surface area contributed by atoms with Gasteiger partial charge in [-0.1, -0.05) is 27.7 Å². The molecule has 6 heteroatoms. The van der Waals surface area contributed by atoms with Crippen LogP contribution >= 0.6 is 24.0 Å². The quantitative estimate of drug-likeness (QED) is 0.278. The molecule has 0 bridgehead atoms. The molecule has 0 fully saturated rings. The van der Waals surface area contributed by atoms with Gasteiger partial charge in [0.05, 0.1) is 6.54 Å². The zero-order valence-corrected chi connectivity index (χ0v) is 16.0. The van der Waals surface area contributed by atoms with Crippen molar-refractivity contribution in [2.45, 2.75) is 54.0 Å². The molecule has 5 nitrogen and oxygen atoms in total. The maximum Gasteiger partial charge on any atom is 0.225 e. The first-order valence-electron chi connectivity index (χ1n) is 7.14. The molecule has 0 aromatic rings. The van der Waals surface area contributed by atoms with Gasteiger partial charge in [0.2, 0.25) is 5.91 Å². The second kappa shape index (κ2) is 11.2. The number of aliphatic imine (C=N–C) groups is 1. The lowest BCUT2D eigenvalue weighted by Crippen LogP contribution is -2.42. The Kier molecular flexibility index (Phi) is 12.1. The second-order valence-electron chi connectivity index (χ2n) is 5.72. The lowest BCUT2D eigenvalue weighted by atomic mass is 9.96. The minimum absolute atomic E-state index is 0. The van der Waals surface area contributed by atoms with Gasteiger partial charge in [-0.15, -0.1) is 24.0 Å². The van der Waals surface area contributed by atoms with Gasteiger partial charge in [0.1, 0.15) is 0 Å². The van der Waals surface area contributed by atoms with Crippen molar-refractivity contribution in [1.82, 2.24) is 16.0 Å². The molecule has 0 radical (unpaired) electrons. The number of amides is 1. The molecule has 0 aliphatic carbocycles. The number of nitrogens with zero attached hydrogens (tertiary/aromatic N) is 1. The van der Waals surface area contributed by atoms with E-state index in [0.29, 0.717) is 19.1 Å². The molecular weight excluding hydrogens is 367 g/mol. The Labute approximate surface area is 140 Å². The zero-order chi connectivity index (χ0) is 14.9. The first-order chi connectivity index (χ1) is 8.81. The summed E-state index contributed by atoms with van der Waals surface area (Å²) in [5.74, 6) is 0.865. The fourth-order valence-corrected chi connectivity index (χ4v) is 1.26. The van der Waals surface area contributed by atoms with E-state index < -0.39 is 0 Å². The summed E-state index contributed by atoms with van der Waals surface area (Å²) < 4.78 is 0. The van der Waals surface area contributed by atoms with E-state index in [4.69, 9.17) is 0 Å². The van der Waals surface area contributed by atoms with E-state index in [-0.39, 0.29) is 35.3 Å². The molecule has 3 N–H and O–H groups in total. The van der Waals surface area contributed by atoms with Gasteiger partial charge in [-0.05, 0) is 20.3 Å². The number of rotatable bonds is 6. The van der Waals surface area contributed by atoms with Crippen LogP contribution in [0.15, 0.2) is 4.99 Å². The fraction of sp³-hybridized carbons (Fsp3) is 0.857. The minimum Gasteiger partial charge on any atom is -0.357 e. The predicted octanol–water partition coefficient (Wildman–Crippen LogP) is 2.12. The van der Waals surface area contributed by atoms with Crippen LogP contribution in [0.5, 0.6) is 0 Å². The molecular formula is C14H31IN4O. The number of guanidine groups is 1. The molecule has 120 valence electrons. The van der Waals surface area contributed by atoms with E-state index in [0.717, 1.165) is 18.9 Å². The van der Waals surface area contributed by atoms with E-state index in [2.05, 4.69) is 34.8 Å². The molecule has 20 heavy (non-hydrogen) atoms. The molecule has 1 amide bonds. The summed E-state index contributed by atoms with van der Waals surface area (Å²) in [5, 5.41) is 9.39. The van der Waals surface area contributed by atoms with Crippen molar-refractivity contribution in [3.05, 3.63) is 0 Å². The Balaban J connectivity index is 0. The van der Waals surface area contributed by atoms with Crippen LogP contribution in [0.3, 0.4) is 0 Å². The molecule has 0 spiro atoms. The average molecular weight is 398 g/mol. The van der Waals surface area contributed by atoms with E-state index in [1.165, 1.54) is 0 Å². The van der Waals surface area contributed by atoms with Gasteiger partial charge >= 0.3 is 0 Å². The molecule has 0 aromatic carbocycles.